The van der Waals surface area contributed by atoms with Crippen molar-refractivity contribution in [2.75, 3.05) is 27.2 Å². The van der Waals surface area contributed by atoms with Gasteiger partial charge in [0.1, 0.15) is 6.10 Å². The Bertz CT molecular complexity index is 340. The number of carbonyl (C=O) groups is 2. The maximum atomic E-state index is 11.8. The summed E-state index contributed by atoms with van der Waals surface area (Å²) in [6, 6.07) is -0.0550. The largest absolute Gasteiger partial charge is 0.363 e. The van der Waals surface area contributed by atoms with Crippen molar-refractivity contribution in [3.8, 4) is 0 Å². The summed E-state index contributed by atoms with van der Waals surface area (Å²) in [5, 5.41) is 6.06. The highest BCUT2D eigenvalue weighted by Crippen LogP contribution is 2.20. The van der Waals surface area contributed by atoms with Gasteiger partial charge in [-0.25, -0.2) is 0 Å². The van der Waals surface area contributed by atoms with Crippen LogP contribution < -0.4 is 10.6 Å². The maximum absolute atomic E-state index is 11.8. The summed E-state index contributed by atoms with van der Waals surface area (Å²) < 4.78 is 5.67. The van der Waals surface area contributed by atoms with Gasteiger partial charge in [0.25, 0.3) is 5.91 Å². The van der Waals surface area contributed by atoms with Crippen molar-refractivity contribution >= 4 is 11.8 Å². The van der Waals surface area contributed by atoms with E-state index in [0.717, 1.165) is 32.2 Å². The molecule has 6 nitrogen and oxygen atoms in total. The van der Waals surface area contributed by atoms with E-state index in [2.05, 4.69) is 10.6 Å². The van der Waals surface area contributed by atoms with Crippen LogP contribution in [-0.2, 0) is 14.3 Å². The van der Waals surface area contributed by atoms with E-state index in [4.69, 9.17) is 4.74 Å². The lowest BCUT2D eigenvalue weighted by atomic mass is 10.1. The van der Waals surface area contributed by atoms with Gasteiger partial charge in [-0.1, -0.05) is 0 Å². The minimum atomic E-state index is -0.346. The minimum Gasteiger partial charge on any atom is -0.363 e. The molecule has 19 heavy (non-hydrogen) atoms. The Balaban J connectivity index is 1.70. The van der Waals surface area contributed by atoms with Crippen LogP contribution in [0.2, 0.25) is 0 Å². The first-order valence-corrected chi connectivity index (χ1v) is 6.95. The molecule has 108 valence electrons. The topological polar surface area (TPSA) is 70.7 Å². The second kappa shape index (κ2) is 6.34. The van der Waals surface area contributed by atoms with Crippen molar-refractivity contribution in [1.29, 1.82) is 0 Å². The molecule has 2 aliphatic rings. The maximum Gasteiger partial charge on any atom is 0.251 e. The van der Waals surface area contributed by atoms with Crippen LogP contribution in [0.5, 0.6) is 0 Å². The Morgan fingerprint density at radius 2 is 2.11 bits per heavy atom. The summed E-state index contributed by atoms with van der Waals surface area (Å²) in [4.78, 5) is 25.1. The number of nitrogens with one attached hydrogen (secondary N) is 2. The van der Waals surface area contributed by atoms with Crippen LogP contribution in [0.1, 0.15) is 25.7 Å². The van der Waals surface area contributed by atoms with Gasteiger partial charge in [0, 0.05) is 20.6 Å². The zero-order valence-corrected chi connectivity index (χ0v) is 11.6. The molecule has 2 N–H and O–H groups in total. The van der Waals surface area contributed by atoms with Crippen molar-refractivity contribution in [2.45, 2.75) is 43.9 Å². The number of hydrogen-bond acceptors (Lipinski definition) is 4. The number of ether oxygens (including phenoxy) is 1. The first kappa shape index (κ1) is 14.3. The summed E-state index contributed by atoms with van der Waals surface area (Å²) in [5.74, 6) is 0.0507. The van der Waals surface area contributed by atoms with Crippen LogP contribution in [0.3, 0.4) is 0 Å². The van der Waals surface area contributed by atoms with E-state index in [9.17, 15) is 9.59 Å². The predicted octanol–water partition coefficient (Wildman–Crippen LogP) is -0.510. The van der Waals surface area contributed by atoms with Crippen LogP contribution in [0.4, 0.5) is 0 Å². The highest BCUT2D eigenvalue weighted by Gasteiger charge is 2.32. The number of likely N-dealkylation sites (N-methyl/N-ethyl adjacent to an activating group) is 1. The molecule has 2 rings (SSSR count). The average Bonchev–Trinajstić information content (AvgIpc) is 3.06. The number of carbonyl (C=O) groups excluding carboxylic acids is 2. The third-order valence-corrected chi connectivity index (χ3v) is 3.70. The minimum absolute atomic E-state index is 0.00582. The molecular formula is C13H23N3O3. The molecule has 0 radical (unpaired) electrons. The van der Waals surface area contributed by atoms with Crippen molar-refractivity contribution in [3.63, 3.8) is 0 Å². The number of nitrogens with zero attached hydrogens (tertiary/aromatic N) is 1. The van der Waals surface area contributed by atoms with E-state index in [0.29, 0.717) is 6.54 Å². The third kappa shape index (κ3) is 3.67. The van der Waals surface area contributed by atoms with Crippen LogP contribution in [0.15, 0.2) is 0 Å². The quantitative estimate of drug-likeness (QED) is 0.721. The highest BCUT2D eigenvalue weighted by atomic mass is 16.5. The molecule has 0 saturated carbocycles. The molecular weight excluding hydrogens is 246 g/mol. The molecule has 0 bridgehead atoms. The van der Waals surface area contributed by atoms with Gasteiger partial charge in [-0.3, -0.25) is 9.59 Å². The van der Waals surface area contributed by atoms with E-state index in [-0.39, 0.29) is 30.1 Å². The fraction of sp³-hybridized carbons (Fsp3) is 0.846. The molecule has 2 heterocycles. The number of rotatable bonds is 4. The van der Waals surface area contributed by atoms with Gasteiger partial charge < -0.3 is 20.3 Å². The lowest BCUT2D eigenvalue weighted by molar-refractivity contribution is -0.140. The second-order valence-corrected chi connectivity index (χ2v) is 5.45. The van der Waals surface area contributed by atoms with Crippen LogP contribution in [0.25, 0.3) is 0 Å². The zero-order chi connectivity index (χ0) is 13.8. The SMILES string of the molecule is CN(C)C(=O)C1CCC(CNC(=O)C2CCCN2)O1. The first-order valence-electron chi connectivity index (χ1n) is 6.95. The smallest absolute Gasteiger partial charge is 0.251 e. The van der Waals surface area contributed by atoms with Crippen molar-refractivity contribution in [2.24, 2.45) is 0 Å². The molecule has 2 fully saturated rings. The Morgan fingerprint density at radius 1 is 1.32 bits per heavy atom. The lowest BCUT2D eigenvalue weighted by Crippen LogP contribution is -2.43. The Morgan fingerprint density at radius 3 is 2.74 bits per heavy atom. The molecule has 0 aromatic heterocycles. The van der Waals surface area contributed by atoms with E-state index in [1.54, 1.807) is 19.0 Å². The molecule has 3 unspecified atom stereocenters. The molecule has 2 amide bonds. The zero-order valence-electron chi connectivity index (χ0n) is 11.6. The lowest BCUT2D eigenvalue weighted by Gasteiger charge is -2.18. The molecule has 2 saturated heterocycles. The van der Waals surface area contributed by atoms with Crippen LogP contribution >= 0.6 is 0 Å². The van der Waals surface area contributed by atoms with E-state index < -0.39 is 0 Å². The van der Waals surface area contributed by atoms with E-state index in [1.807, 2.05) is 0 Å². The standard InChI is InChI=1S/C13H23N3O3/c1-16(2)13(18)11-6-5-9(19-11)8-15-12(17)10-4-3-7-14-10/h9-11,14H,3-8H2,1-2H3,(H,15,17). The molecule has 0 aromatic carbocycles. The molecule has 0 aliphatic carbocycles. The van der Waals surface area contributed by atoms with Gasteiger partial charge in [-0.2, -0.15) is 0 Å². The van der Waals surface area contributed by atoms with Gasteiger partial charge in [0.05, 0.1) is 12.1 Å². The van der Waals surface area contributed by atoms with E-state index in [1.165, 1.54) is 0 Å². The highest BCUT2D eigenvalue weighted by molar-refractivity contribution is 5.82. The summed E-state index contributed by atoms with van der Waals surface area (Å²) in [7, 11) is 3.46. The first-order chi connectivity index (χ1) is 9.08. The molecule has 0 aromatic rings. The summed E-state index contributed by atoms with van der Waals surface area (Å²) in [5.41, 5.74) is 0. The summed E-state index contributed by atoms with van der Waals surface area (Å²) in [6.07, 6.45) is 3.12. The Hall–Kier alpha value is -1.14. The number of amides is 2. The predicted molar refractivity (Wildman–Crippen MR) is 70.6 cm³/mol. The molecule has 3 atom stereocenters. The Labute approximate surface area is 113 Å². The fourth-order valence-electron chi connectivity index (χ4n) is 2.57. The van der Waals surface area contributed by atoms with E-state index >= 15 is 0 Å². The van der Waals surface area contributed by atoms with Crippen LogP contribution in [-0.4, -0.2) is 62.1 Å². The normalized spacial score (nSPS) is 30.3. The van der Waals surface area contributed by atoms with Gasteiger partial charge in [0.2, 0.25) is 5.91 Å². The van der Waals surface area contributed by atoms with Crippen molar-refractivity contribution in [3.05, 3.63) is 0 Å². The average molecular weight is 269 g/mol. The second-order valence-electron chi connectivity index (χ2n) is 5.45. The van der Waals surface area contributed by atoms with Gasteiger partial charge >= 0.3 is 0 Å². The fourth-order valence-corrected chi connectivity index (χ4v) is 2.57. The monoisotopic (exact) mass is 269 g/mol. The molecule has 2 aliphatic heterocycles. The third-order valence-electron chi connectivity index (χ3n) is 3.70. The van der Waals surface area contributed by atoms with Crippen molar-refractivity contribution < 1.29 is 14.3 Å². The Kier molecular flexibility index (Phi) is 4.76. The molecule has 0 spiro atoms. The van der Waals surface area contributed by atoms with Gasteiger partial charge in [-0.05, 0) is 32.2 Å². The summed E-state index contributed by atoms with van der Waals surface area (Å²) >= 11 is 0. The van der Waals surface area contributed by atoms with Crippen molar-refractivity contribution in [1.82, 2.24) is 15.5 Å². The van der Waals surface area contributed by atoms with Gasteiger partial charge in [0.15, 0.2) is 0 Å². The van der Waals surface area contributed by atoms with Crippen LogP contribution in [0, 0.1) is 0 Å². The number of hydrogen-bond donors (Lipinski definition) is 2. The summed E-state index contributed by atoms with van der Waals surface area (Å²) in [6.45, 7) is 1.41. The van der Waals surface area contributed by atoms with Gasteiger partial charge in [-0.15, -0.1) is 0 Å². The molecule has 6 heteroatoms.